The highest BCUT2D eigenvalue weighted by molar-refractivity contribution is 5.77. The van der Waals surface area contributed by atoms with E-state index in [1.165, 1.54) is 19.2 Å². The second-order valence-electron chi connectivity index (χ2n) is 4.05. The van der Waals surface area contributed by atoms with Crippen molar-refractivity contribution in [3.8, 4) is 11.5 Å². The van der Waals surface area contributed by atoms with Gasteiger partial charge in [-0.05, 0) is 11.6 Å². The molecule has 8 heteroatoms. The Hall–Kier alpha value is -2.35. The summed E-state index contributed by atoms with van der Waals surface area (Å²) in [6.07, 6.45) is -0.178. The van der Waals surface area contributed by atoms with E-state index in [0.29, 0.717) is 18.5 Å². The molecule has 1 fully saturated rings. The fourth-order valence-corrected chi connectivity index (χ4v) is 1.89. The molecule has 0 aliphatic carbocycles. The van der Waals surface area contributed by atoms with Gasteiger partial charge in [0.15, 0.2) is 5.75 Å². The van der Waals surface area contributed by atoms with Crippen molar-refractivity contribution < 1.29 is 19.6 Å². The summed E-state index contributed by atoms with van der Waals surface area (Å²) in [6, 6.07) is 2.66. The number of nitrogens with one attached hydrogen (secondary N) is 2. The molecule has 0 aromatic heterocycles. The number of phenols is 1. The molecular weight excluding hydrogens is 254 g/mol. The number of nitro groups is 1. The molecule has 1 amide bonds. The average Bonchev–Trinajstić information content (AvgIpc) is 2.38. The number of carbonyl (C=O) groups excluding carboxylic acids is 1. The number of ether oxygens (including phenoxy) is 1. The van der Waals surface area contributed by atoms with Crippen molar-refractivity contribution in [3.05, 3.63) is 27.8 Å². The third-order valence-corrected chi connectivity index (χ3v) is 2.83. The molecule has 102 valence electrons. The summed E-state index contributed by atoms with van der Waals surface area (Å²) in [6.45, 7) is 0.480. The minimum Gasteiger partial charge on any atom is -0.500 e. The third-order valence-electron chi connectivity index (χ3n) is 2.83. The van der Waals surface area contributed by atoms with E-state index in [1.807, 2.05) is 0 Å². The second-order valence-corrected chi connectivity index (χ2v) is 4.05. The summed E-state index contributed by atoms with van der Waals surface area (Å²) in [4.78, 5) is 21.5. The van der Waals surface area contributed by atoms with Crippen LogP contribution in [0.5, 0.6) is 11.5 Å². The molecule has 1 aromatic carbocycles. The Morgan fingerprint density at radius 1 is 1.53 bits per heavy atom. The van der Waals surface area contributed by atoms with Crippen LogP contribution in [0, 0.1) is 10.1 Å². The Bertz CT molecular complexity index is 531. The number of aromatic hydroxyl groups is 1. The summed E-state index contributed by atoms with van der Waals surface area (Å²) in [7, 11) is 1.30. The number of methoxy groups -OCH3 is 1. The van der Waals surface area contributed by atoms with Gasteiger partial charge >= 0.3 is 5.69 Å². The second kappa shape index (κ2) is 5.11. The van der Waals surface area contributed by atoms with Crippen LogP contribution < -0.4 is 15.4 Å². The number of rotatable bonds is 3. The summed E-state index contributed by atoms with van der Waals surface area (Å²) in [5, 5.41) is 26.2. The first-order valence-electron chi connectivity index (χ1n) is 5.61. The van der Waals surface area contributed by atoms with E-state index in [1.54, 1.807) is 0 Å². The Labute approximate surface area is 108 Å². The zero-order valence-electron chi connectivity index (χ0n) is 10.2. The molecule has 1 heterocycles. The van der Waals surface area contributed by atoms with Crippen molar-refractivity contribution in [2.24, 2.45) is 0 Å². The lowest BCUT2D eigenvalue weighted by molar-refractivity contribution is -0.386. The van der Waals surface area contributed by atoms with Gasteiger partial charge in [-0.25, -0.2) is 0 Å². The molecule has 0 spiro atoms. The number of carbonyl (C=O) groups is 1. The smallest absolute Gasteiger partial charge is 0.315 e. The number of phenolic OH excluding ortho intramolecular Hbond substituents is 1. The van der Waals surface area contributed by atoms with Crippen LogP contribution in [0.3, 0.4) is 0 Å². The van der Waals surface area contributed by atoms with Gasteiger partial charge in [0.05, 0.1) is 12.0 Å². The van der Waals surface area contributed by atoms with Crippen LogP contribution in [0.15, 0.2) is 12.1 Å². The van der Waals surface area contributed by atoms with Gasteiger partial charge < -0.3 is 15.2 Å². The molecule has 0 bridgehead atoms. The predicted molar refractivity (Wildman–Crippen MR) is 64.8 cm³/mol. The number of benzene rings is 1. The van der Waals surface area contributed by atoms with Gasteiger partial charge in [0, 0.05) is 19.0 Å². The quantitative estimate of drug-likeness (QED) is 0.540. The number of nitrogens with zero attached hydrogens (tertiary/aromatic N) is 1. The van der Waals surface area contributed by atoms with Gasteiger partial charge in [-0.2, -0.15) is 0 Å². The first kappa shape index (κ1) is 13.1. The standard InChI is InChI=1S/C11H13N3O5/c1-19-8-5-6(4-7(10(8)16)14(17)18)11-12-3-2-9(15)13-11/h4-5,11-12,16H,2-3H2,1H3,(H,13,15)/t11-/m0/s1. The van der Waals surface area contributed by atoms with Gasteiger partial charge in [0.1, 0.15) is 6.17 Å². The highest BCUT2D eigenvalue weighted by atomic mass is 16.6. The third kappa shape index (κ3) is 2.58. The first-order valence-corrected chi connectivity index (χ1v) is 5.61. The molecule has 1 aliphatic heterocycles. The summed E-state index contributed by atoms with van der Waals surface area (Å²) >= 11 is 0. The number of hydrogen-bond acceptors (Lipinski definition) is 6. The number of nitro benzene ring substituents is 1. The van der Waals surface area contributed by atoms with Crippen LogP contribution in [0.4, 0.5) is 5.69 Å². The molecule has 8 nitrogen and oxygen atoms in total. The largest absolute Gasteiger partial charge is 0.500 e. The lowest BCUT2D eigenvalue weighted by atomic mass is 10.1. The SMILES string of the molecule is COc1cc([C@H]2NCCC(=O)N2)cc([N+](=O)[O-])c1O. The molecule has 19 heavy (non-hydrogen) atoms. The van der Waals surface area contributed by atoms with Crippen molar-refractivity contribution in [1.82, 2.24) is 10.6 Å². The van der Waals surface area contributed by atoms with Gasteiger partial charge in [-0.3, -0.25) is 20.2 Å². The zero-order valence-corrected chi connectivity index (χ0v) is 10.2. The fraction of sp³-hybridized carbons (Fsp3) is 0.364. The number of hydrogen-bond donors (Lipinski definition) is 3. The van der Waals surface area contributed by atoms with Gasteiger partial charge in [0.2, 0.25) is 11.7 Å². The summed E-state index contributed by atoms with van der Waals surface area (Å²) < 4.78 is 4.90. The van der Waals surface area contributed by atoms with E-state index in [-0.39, 0.29) is 11.7 Å². The van der Waals surface area contributed by atoms with Gasteiger partial charge in [-0.15, -0.1) is 0 Å². The molecule has 1 aliphatic rings. The maximum Gasteiger partial charge on any atom is 0.315 e. The molecule has 0 saturated carbocycles. The molecule has 1 saturated heterocycles. The van der Waals surface area contributed by atoms with E-state index in [4.69, 9.17) is 4.74 Å². The lowest BCUT2D eigenvalue weighted by Gasteiger charge is -2.25. The van der Waals surface area contributed by atoms with Crippen LogP contribution in [0.25, 0.3) is 0 Å². The Balaban J connectivity index is 2.42. The van der Waals surface area contributed by atoms with Gasteiger partial charge in [0.25, 0.3) is 0 Å². The van der Waals surface area contributed by atoms with Crippen molar-refractivity contribution in [2.45, 2.75) is 12.6 Å². The highest BCUT2D eigenvalue weighted by Crippen LogP contribution is 2.38. The van der Waals surface area contributed by atoms with Crippen molar-refractivity contribution >= 4 is 11.6 Å². The molecule has 3 N–H and O–H groups in total. The maximum absolute atomic E-state index is 11.3. The van der Waals surface area contributed by atoms with Crippen LogP contribution in [-0.4, -0.2) is 29.6 Å². The fourth-order valence-electron chi connectivity index (χ4n) is 1.89. The van der Waals surface area contributed by atoms with E-state index in [9.17, 15) is 20.0 Å². The van der Waals surface area contributed by atoms with Crippen molar-refractivity contribution in [2.75, 3.05) is 13.7 Å². The maximum atomic E-state index is 11.3. The van der Waals surface area contributed by atoms with E-state index in [0.717, 1.165) is 0 Å². The van der Waals surface area contributed by atoms with Crippen LogP contribution in [0.1, 0.15) is 18.2 Å². The topological polar surface area (TPSA) is 114 Å². The minimum atomic E-state index is -0.702. The summed E-state index contributed by atoms with van der Waals surface area (Å²) in [5.41, 5.74) is -0.00891. The molecular formula is C11H13N3O5. The zero-order chi connectivity index (χ0) is 14.0. The molecule has 0 radical (unpaired) electrons. The van der Waals surface area contributed by atoms with Crippen LogP contribution in [0.2, 0.25) is 0 Å². The molecule has 2 rings (SSSR count). The molecule has 1 aromatic rings. The Kier molecular flexibility index (Phi) is 3.52. The van der Waals surface area contributed by atoms with Crippen molar-refractivity contribution in [1.29, 1.82) is 0 Å². The predicted octanol–water partition coefficient (Wildman–Crippen LogP) is 0.417. The summed E-state index contributed by atoms with van der Waals surface area (Å²) in [5.74, 6) is -0.678. The molecule has 1 atom stereocenters. The van der Waals surface area contributed by atoms with Crippen LogP contribution in [-0.2, 0) is 4.79 Å². The Morgan fingerprint density at radius 3 is 2.84 bits per heavy atom. The van der Waals surface area contributed by atoms with Gasteiger partial charge in [-0.1, -0.05) is 0 Å². The van der Waals surface area contributed by atoms with Crippen LogP contribution >= 0.6 is 0 Å². The first-order chi connectivity index (χ1) is 9.02. The van der Waals surface area contributed by atoms with E-state index in [2.05, 4.69) is 10.6 Å². The molecule has 0 unspecified atom stereocenters. The van der Waals surface area contributed by atoms with Crippen molar-refractivity contribution in [3.63, 3.8) is 0 Å². The minimum absolute atomic E-state index is 0.00850. The van der Waals surface area contributed by atoms with E-state index >= 15 is 0 Å². The lowest BCUT2D eigenvalue weighted by Crippen LogP contribution is -2.44. The van der Waals surface area contributed by atoms with E-state index < -0.39 is 22.5 Å². The monoisotopic (exact) mass is 267 g/mol. The normalized spacial score (nSPS) is 18.8. The highest BCUT2D eigenvalue weighted by Gasteiger charge is 2.25. The number of amides is 1. The average molecular weight is 267 g/mol. The Morgan fingerprint density at radius 2 is 2.26 bits per heavy atom.